The first-order valence-corrected chi connectivity index (χ1v) is 7.29. The summed E-state index contributed by atoms with van der Waals surface area (Å²) >= 11 is 0. The van der Waals surface area contributed by atoms with Crippen molar-refractivity contribution in [2.75, 3.05) is 13.7 Å². The van der Waals surface area contributed by atoms with Crippen LogP contribution in [0.4, 0.5) is 8.78 Å². The van der Waals surface area contributed by atoms with E-state index in [9.17, 15) is 8.78 Å². The lowest BCUT2D eigenvalue weighted by Crippen LogP contribution is -2.24. The molecule has 1 unspecified atom stereocenters. The largest absolute Gasteiger partial charge is 0.305 e. The molecule has 0 heterocycles. The fraction of sp³-hybridized carbons (Fsp3) is 0.333. The maximum absolute atomic E-state index is 14.0. The molecule has 22 heavy (non-hydrogen) atoms. The number of hydroxylamine groups is 1. The number of hydrogen-bond acceptors (Lipinski definition) is 2. The van der Waals surface area contributed by atoms with Gasteiger partial charge in [0.25, 0.3) is 0 Å². The molecule has 1 N–H and O–H groups in total. The van der Waals surface area contributed by atoms with E-state index in [0.29, 0.717) is 6.54 Å². The number of nitrogens with one attached hydrogen (secondary N) is 1. The zero-order chi connectivity index (χ0) is 16.1. The number of rotatable bonds is 6. The molecular formula is C18H21F2NO. The van der Waals surface area contributed by atoms with E-state index in [1.54, 1.807) is 0 Å². The Kier molecular flexibility index (Phi) is 5.63. The molecule has 2 rings (SSSR count). The van der Waals surface area contributed by atoms with Crippen molar-refractivity contribution in [3.8, 4) is 0 Å². The summed E-state index contributed by atoms with van der Waals surface area (Å²) in [6.45, 7) is 4.51. The van der Waals surface area contributed by atoms with E-state index < -0.39 is 11.6 Å². The van der Waals surface area contributed by atoms with Gasteiger partial charge in [0.15, 0.2) is 0 Å². The Balaban J connectivity index is 2.39. The fourth-order valence-corrected chi connectivity index (χ4v) is 2.91. The zero-order valence-corrected chi connectivity index (χ0v) is 13.1. The minimum Gasteiger partial charge on any atom is -0.305 e. The summed E-state index contributed by atoms with van der Waals surface area (Å²) in [7, 11) is 1.53. The van der Waals surface area contributed by atoms with Gasteiger partial charge in [-0.05, 0) is 49.1 Å². The van der Waals surface area contributed by atoms with Gasteiger partial charge in [0.1, 0.15) is 11.6 Å². The molecule has 0 aromatic heterocycles. The second-order valence-corrected chi connectivity index (χ2v) is 5.46. The highest BCUT2D eigenvalue weighted by molar-refractivity contribution is 5.38. The van der Waals surface area contributed by atoms with Gasteiger partial charge in [-0.1, -0.05) is 24.3 Å². The third-order valence-electron chi connectivity index (χ3n) is 3.94. The molecule has 0 saturated heterocycles. The third kappa shape index (κ3) is 3.70. The molecule has 0 aliphatic heterocycles. The molecular weight excluding hydrogens is 284 g/mol. The van der Waals surface area contributed by atoms with E-state index in [2.05, 4.69) is 5.48 Å². The van der Waals surface area contributed by atoms with Crippen LogP contribution >= 0.6 is 0 Å². The molecule has 2 aromatic carbocycles. The van der Waals surface area contributed by atoms with Crippen LogP contribution in [0, 0.1) is 25.5 Å². The molecule has 1 atom stereocenters. The van der Waals surface area contributed by atoms with E-state index in [-0.39, 0.29) is 17.9 Å². The molecule has 0 aliphatic rings. The van der Waals surface area contributed by atoms with Crippen LogP contribution in [0.1, 0.15) is 28.2 Å². The first kappa shape index (κ1) is 16.6. The monoisotopic (exact) mass is 305 g/mol. The van der Waals surface area contributed by atoms with Crippen molar-refractivity contribution < 1.29 is 13.6 Å². The summed E-state index contributed by atoms with van der Waals surface area (Å²) in [6.07, 6.45) is 0.278. The van der Waals surface area contributed by atoms with Gasteiger partial charge in [-0.2, -0.15) is 0 Å². The van der Waals surface area contributed by atoms with Crippen LogP contribution in [0.3, 0.4) is 0 Å². The summed E-state index contributed by atoms with van der Waals surface area (Å²) in [5.74, 6) is -1.09. The van der Waals surface area contributed by atoms with Crippen molar-refractivity contribution in [1.82, 2.24) is 5.48 Å². The Morgan fingerprint density at radius 3 is 2.09 bits per heavy atom. The molecule has 0 aliphatic carbocycles. The van der Waals surface area contributed by atoms with E-state index in [0.717, 1.165) is 16.7 Å². The fourth-order valence-electron chi connectivity index (χ4n) is 2.91. The summed E-state index contributed by atoms with van der Waals surface area (Å²) in [5, 5.41) is 0. The Bertz CT molecular complexity index is 602. The molecule has 2 nitrogen and oxygen atoms in total. The van der Waals surface area contributed by atoms with Crippen LogP contribution in [0.5, 0.6) is 0 Å². The van der Waals surface area contributed by atoms with Crippen molar-refractivity contribution in [2.24, 2.45) is 0 Å². The zero-order valence-electron chi connectivity index (χ0n) is 13.1. The SMILES string of the molecule is CONCC(Cc1c(F)cccc1F)c1c(C)cccc1C. The minimum atomic E-state index is -0.506. The molecule has 4 heteroatoms. The van der Waals surface area contributed by atoms with E-state index in [1.165, 1.54) is 25.3 Å². The van der Waals surface area contributed by atoms with Crippen LogP contribution in [0.2, 0.25) is 0 Å². The average molecular weight is 305 g/mol. The van der Waals surface area contributed by atoms with Gasteiger partial charge in [-0.25, -0.2) is 14.3 Å². The molecule has 0 saturated carbocycles. The van der Waals surface area contributed by atoms with Crippen LogP contribution in [-0.2, 0) is 11.3 Å². The van der Waals surface area contributed by atoms with Crippen molar-refractivity contribution in [2.45, 2.75) is 26.2 Å². The van der Waals surface area contributed by atoms with Crippen LogP contribution in [-0.4, -0.2) is 13.7 Å². The smallest absolute Gasteiger partial charge is 0.129 e. The Labute approximate surface area is 130 Å². The van der Waals surface area contributed by atoms with Gasteiger partial charge in [0, 0.05) is 18.0 Å². The van der Waals surface area contributed by atoms with E-state index in [4.69, 9.17) is 4.84 Å². The Morgan fingerprint density at radius 1 is 1.00 bits per heavy atom. The Morgan fingerprint density at radius 2 is 1.55 bits per heavy atom. The maximum Gasteiger partial charge on any atom is 0.129 e. The van der Waals surface area contributed by atoms with Crippen molar-refractivity contribution in [3.05, 3.63) is 70.3 Å². The first-order valence-electron chi connectivity index (χ1n) is 7.29. The topological polar surface area (TPSA) is 21.3 Å². The lowest BCUT2D eigenvalue weighted by Gasteiger charge is -2.22. The standard InChI is InChI=1S/C18H21F2NO/c1-12-6-4-7-13(2)18(12)14(11-21-22-3)10-15-16(19)8-5-9-17(15)20/h4-9,14,21H,10-11H2,1-3H3. The molecule has 0 spiro atoms. The molecule has 118 valence electrons. The summed E-state index contributed by atoms with van der Waals surface area (Å²) in [5.41, 5.74) is 6.26. The van der Waals surface area contributed by atoms with Crippen molar-refractivity contribution >= 4 is 0 Å². The molecule has 0 bridgehead atoms. The van der Waals surface area contributed by atoms with Gasteiger partial charge in [-0.15, -0.1) is 0 Å². The van der Waals surface area contributed by atoms with Gasteiger partial charge >= 0.3 is 0 Å². The summed E-state index contributed by atoms with van der Waals surface area (Å²) in [6, 6.07) is 9.99. The average Bonchev–Trinajstić information content (AvgIpc) is 2.47. The van der Waals surface area contributed by atoms with Crippen LogP contribution in [0.25, 0.3) is 0 Å². The third-order valence-corrected chi connectivity index (χ3v) is 3.94. The summed E-state index contributed by atoms with van der Waals surface area (Å²) in [4.78, 5) is 4.93. The number of benzene rings is 2. The van der Waals surface area contributed by atoms with Crippen molar-refractivity contribution in [3.63, 3.8) is 0 Å². The molecule has 0 amide bonds. The second-order valence-electron chi connectivity index (χ2n) is 5.46. The normalized spacial score (nSPS) is 12.4. The minimum absolute atomic E-state index is 0.0763. The highest BCUT2D eigenvalue weighted by Gasteiger charge is 2.20. The van der Waals surface area contributed by atoms with Gasteiger partial charge < -0.3 is 4.84 Å². The second kappa shape index (κ2) is 7.47. The van der Waals surface area contributed by atoms with Crippen LogP contribution in [0.15, 0.2) is 36.4 Å². The lowest BCUT2D eigenvalue weighted by atomic mass is 9.86. The van der Waals surface area contributed by atoms with Crippen molar-refractivity contribution in [1.29, 1.82) is 0 Å². The highest BCUT2D eigenvalue weighted by atomic mass is 19.1. The predicted octanol–water partition coefficient (Wildman–Crippen LogP) is 4.06. The molecule has 2 aromatic rings. The molecule has 0 radical (unpaired) electrons. The van der Waals surface area contributed by atoms with Gasteiger partial charge in [0.2, 0.25) is 0 Å². The number of hydrogen-bond donors (Lipinski definition) is 1. The summed E-state index contributed by atoms with van der Waals surface area (Å²) < 4.78 is 27.9. The number of halogens is 2. The van der Waals surface area contributed by atoms with Gasteiger partial charge in [-0.3, -0.25) is 0 Å². The predicted molar refractivity (Wildman–Crippen MR) is 83.7 cm³/mol. The van der Waals surface area contributed by atoms with Crippen LogP contribution < -0.4 is 5.48 Å². The maximum atomic E-state index is 14.0. The number of aryl methyl sites for hydroxylation is 2. The van der Waals surface area contributed by atoms with Gasteiger partial charge in [0.05, 0.1) is 7.11 Å². The quantitative estimate of drug-likeness (QED) is 0.813. The Hall–Kier alpha value is -1.78. The lowest BCUT2D eigenvalue weighted by molar-refractivity contribution is 0.0867. The highest BCUT2D eigenvalue weighted by Crippen LogP contribution is 2.28. The van der Waals surface area contributed by atoms with E-state index in [1.807, 2.05) is 32.0 Å². The van der Waals surface area contributed by atoms with E-state index >= 15 is 0 Å². The molecule has 0 fully saturated rings. The first-order chi connectivity index (χ1) is 10.5.